The quantitative estimate of drug-likeness (QED) is 0.655. The van der Waals surface area contributed by atoms with Crippen LogP contribution in [0.3, 0.4) is 0 Å². The van der Waals surface area contributed by atoms with Crippen molar-refractivity contribution in [2.45, 2.75) is 6.42 Å². The molecule has 3 fully saturated rings. The van der Waals surface area contributed by atoms with Crippen LogP contribution in [-0.2, 0) is 4.79 Å². The van der Waals surface area contributed by atoms with Gasteiger partial charge in [0.05, 0.1) is 0 Å². The zero-order valence-electron chi connectivity index (χ0n) is 7.53. The van der Waals surface area contributed by atoms with Crippen LogP contribution in [0.4, 0.5) is 0 Å². The van der Waals surface area contributed by atoms with Crippen molar-refractivity contribution in [1.82, 2.24) is 10.2 Å². The van der Waals surface area contributed by atoms with Crippen LogP contribution in [0.15, 0.2) is 0 Å². The molecule has 0 aromatic rings. The summed E-state index contributed by atoms with van der Waals surface area (Å²) in [5.41, 5.74) is 0. The van der Waals surface area contributed by atoms with E-state index >= 15 is 0 Å². The highest BCUT2D eigenvalue weighted by Crippen LogP contribution is 2.49. The molecule has 4 heteroatoms. The van der Waals surface area contributed by atoms with Crippen LogP contribution in [0.2, 0.25) is 0 Å². The van der Waals surface area contributed by atoms with Gasteiger partial charge in [0, 0.05) is 19.0 Å². The SMILES string of the molecule is Cl.O=C(C1[C@H]2CNC[C@@H]12)N1CCC1. The predicted molar refractivity (Wildman–Crippen MR) is 51.8 cm³/mol. The molecule has 1 amide bonds. The molecule has 0 radical (unpaired) electrons. The van der Waals surface area contributed by atoms with Gasteiger partial charge in [-0.25, -0.2) is 0 Å². The Morgan fingerprint density at radius 3 is 2.31 bits per heavy atom. The number of piperidine rings is 1. The number of amides is 1. The lowest BCUT2D eigenvalue weighted by molar-refractivity contribution is -0.136. The van der Waals surface area contributed by atoms with Crippen LogP contribution in [0, 0.1) is 17.8 Å². The second-order valence-electron chi connectivity index (χ2n) is 4.19. The fourth-order valence-electron chi connectivity index (χ4n) is 2.53. The third kappa shape index (κ3) is 1.25. The van der Waals surface area contributed by atoms with Gasteiger partial charge in [0.1, 0.15) is 0 Å². The van der Waals surface area contributed by atoms with E-state index in [2.05, 4.69) is 5.32 Å². The molecule has 1 aliphatic carbocycles. The molecule has 3 aliphatic rings. The van der Waals surface area contributed by atoms with Gasteiger partial charge in [-0.3, -0.25) is 4.79 Å². The molecule has 0 bridgehead atoms. The first-order valence-electron chi connectivity index (χ1n) is 4.87. The van der Waals surface area contributed by atoms with E-state index in [0.717, 1.165) is 26.2 Å². The van der Waals surface area contributed by atoms with Crippen LogP contribution in [-0.4, -0.2) is 37.0 Å². The lowest BCUT2D eigenvalue weighted by atomic mass is 10.1. The first kappa shape index (κ1) is 9.28. The molecular formula is C9H15ClN2O. The molecule has 1 N–H and O–H groups in total. The van der Waals surface area contributed by atoms with Crippen LogP contribution >= 0.6 is 12.4 Å². The van der Waals surface area contributed by atoms with Gasteiger partial charge in [-0.1, -0.05) is 0 Å². The van der Waals surface area contributed by atoms with Crippen LogP contribution in [0.1, 0.15) is 6.42 Å². The molecule has 13 heavy (non-hydrogen) atoms. The van der Waals surface area contributed by atoms with E-state index in [9.17, 15) is 4.79 Å². The lowest BCUT2D eigenvalue weighted by Gasteiger charge is -2.31. The molecule has 1 saturated carbocycles. The van der Waals surface area contributed by atoms with Gasteiger partial charge in [-0.05, 0) is 31.3 Å². The number of fused-ring (bicyclic) bond motifs is 1. The molecule has 0 aromatic heterocycles. The zero-order chi connectivity index (χ0) is 8.13. The van der Waals surface area contributed by atoms with Gasteiger partial charge in [0.2, 0.25) is 5.91 Å². The highest BCUT2D eigenvalue weighted by Gasteiger charge is 2.58. The summed E-state index contributed by atoms with van der Waals surface area (Å²) in [6, 6.07) is 0. The number of hydrogen-bond acceptors (Lipinski definition) is 2. The largest absolute Gasteiger partial charge is 0.342 e. The number of halogens is 1. The monoisotopic (exact) mass is 202 g/mol. The van der Waals surface area contributed by atoms with Crippen molar-refractivity contribution < 1.29 is 4.79 Å². The highest BCUT2D eigenvalue weighted by molar-refractivity contribution is 5.85. The smallest absolute Gasteiger partial charge is 0.226 e. The number of hydrogen-bond donors (Lipinski definition) is 1. The maximum absolute atomic E-state index is 11.7. The van der Waals surface area contributed by atoms with Gasteiger partial charge in [0.25, 0.3) is 0 Å². The van der Waals surface area contributed by atoms with Crippen LogP contribution < -0.4 is 5.32 Å². The Morgan fingerprint density at radius 1 is 1.23 bits per heavy atom. The molecule has 1 unspecified atom stereocenters. The molecule has 3 atom stereocenters. The van der Waals surface area contributed by atoms with E-state index in [1.165, 1.54) is 6.42 Å². The van der Waals surface area contributed by atoms with E-state index in [4.69, 9.17) is 0 Å². The van der Waals surface area contributed by atoms with Crippen molar-refractivity contribution in [3.63, 3.8) is 0 Å². The van der Waals surface area contributed by atoms with Gasteiger partial charge >= 0.3 is 0 Å². The average Bonchev–Trinajstić information content (AvgIpc) is 2.42. The number of likely N-dealkylation sites (tertiary alicyclic amines) is 1. The van der Waals surface area contributed by atoms with Crippen molar-refractivity contribution in [3.05, 3.63) is 0 Å². The number of rotatable bonds is 1. The number of carbonyl (C=O) groups is 1. The van der Waals surface area contributed by atoms with Gasteiger partial charge in [-0.2, -0.15) is 0 Å². The lowest BCUT2D eigenvalue weighted by Crippen LogP contribution is -2.44. The summed E-state index contributed by atoms with van der Waals surface area (Å²) in [4.78, 5) is 13.7. The molecule has 74 valence electrons. The Bertz CT molecular complexity index is 220. The third-order valence-electron chi connectivity index (χ3n) is 3.54. The molecule has 3 nitrogen and oxygen atoms in total. The molecule has 0 spiro atoms. The summed E-state index contributed by atoms with van der Waals surface area (Å²) < 4.78 is 0. The predicted octanol–water partition coefficient (Wildman–Crippen LogP) is 0.106. The van der Waals surface area contributed by atoms with E-state index in [0.29, 0.717) is 23.7 Å². The average molecular weight is 203 g/mol. The van der Waals surface area contributed by atoms with Crippen LogP contribution in [0.25, 0.3) is 0 Å². The first-order chi connectivity index (χ1) is 5.88. The van der Waals surface area contributed by atoms with E-state index in [-0.39, 0.29) is 12.4 Å². The Kier molecular flexibility index (Phi) is 2.24. The second kappa shape index (κ2) is 3.14. The molecule has 2 heterocycles. The van der Waals surface area contributed by atoms with Crippen molar-refractivity contribution >= 4 is 18.3 Å². The van der Waals surface area contributed by atoms with E-state index < -0.39 is 0 Å². The minimum atomic E-state index is 0. The molecule has 2 saturated heterocycles. The molecule has 3 rings (SSSR count). The second-order valence-corrected chi connectivity index (χ2v) is 4.19. The van der Waals surface area contributed by atoms with Crippen LogP contribution in [0.5, 0.6) is 0 Å². The summed E-state index contributed by atoms with van der Waals surface area (Å²) in [7, 11) is 0. The third-order valence-corrected chi connectivity index (χ3v) is 3.54. The Morgan fingerprint density at radius 2 is 1.85 bits per heavy atom. The van der Waals surface area contributed by atoms with Crippen molar-refractivity contribution in [1.29, 1.82) is 0 Å². The van der Waals surface area contributed by atoms with E-state index in [1.807, 2.05) is 4.90 Å². The fourth-order valence-corrected chi connectivity index (χ4v) is 2.53. The minimum absolute atomic E-state index is 0. The van der Waals surface area contributed by atoms with Gasteiger partial charge < -0.3 is 10.2 Å². The first-order valence-corrected chi connectivity index (χ1v) is 4.87. The fraction of sp³-hybridized carbons (Fsp3) is 0.889. The minimum Gasteiger partial charge on any atom is -0.342 e. The molecular weight excluding hydrogens is 188 g/mol. The molecule has 2 aliphatic heterocycles. The summed E-state index contributed by atoms with van der Waals surface area (Å²) in [6.45, 7) is 4.19. The Hall–Kier alpha value is -0.280. The van der Waals surface area contributed by atoms with Crippen molar-refractivity contribution in [2.24, 2.45) is 17.8 Å². The Labute approximate surface area is 84.3 Å². The number of nitrogens with one attached hydrogen (secondary N) is 1. The van der Waals surface area contributed by atoms with Crippen molar-refractivity contribution in [3.8, 4) is 0 Å². The maximum Gasteiger partial charge on any atom is 0.226 e. The molecule has 0 aromatic carbocycles. The standard InChI is InChI=1S/C9H14N2O.ClH/c12-9(11-2-1-3-11)8-6-4-10-5-7(6)8;/h6-8,10H,1-5H2;1H/t6-,7+,8?;. The topological polar surface area (TPSA) is 32.3 Å². The number of carbonyl (C=O) groups excluding carboxylic acids is 1. The van der Waals surface area contributed by atoms with E-state index in [1.54, 1.807) is 0 Å². The summed E-state index contributed by atoms with van der Waals surface area (Å²) in [5.74, 6) is 2.24. The Balaban J connectivity index is 0.000000653. The highest BCUT2D eigenvalue weighted by atomic mass is 35.5. The van der Waals surface area contributed by atoms with Gasteiger partial charge in [-0.15, -0.1) is 12.4 Å². The van der Waals surface area contributed by atoms with Gasteiger partial charge in [0.15, 0.2) is 0 Å². The summed E-state index contributed by atoms with van der Waals surface area (Å²) in [5, 5.41) is 3.31. The summed E-state index contributed by atoms with van der Waals surface area (Å²) in [6.07, 6.45) is 1.21. The van der Waals surface area contributed by atoms with Crippen molar-refractivity contribution in [2.75, 3.05) is 26.2 Å². The maximum atomic E-state index is 11.7. The zero-order valence-corrected chi connectivity index (χ0v) is 8.35. The number of nitrogens with zero attached hydrogens (tertiary/aromatic N) is 1. The normalized spacial score (nSPS) is 40.3. The summed E-state index contributed by atoms with van der Waals surface area (Å²) >= 11 is 0.